The van der Waals surface area contributed by atoms with E-state index in [0.717, 1.165) is 24.2 Å². The quantitative estimate of drug-likeness (QED) is 0.417. The van der Waals surface area contributed by atoms with Crippen LogP contribution in [0.25, 0.3) is 0 Å². The third-order valence-corrected chi connectivity index (χ3v) is 6.55. The number of hydrogen-bond acceptors (Lipinski definition) is 1. The van der Waals surface area contributed by atoms with E-state index >= 15 is 0 Å². The molecule has 2 aliphatic carbocycles. The second-order valence-electron chi connectivity index (χ2n) is 8.25. The molecule has 0 saturated heterocycles. The van der Waals surface area contributed by atoms with Crippen LogP contribution in [0, 0.1) is 29.1 Å². The molecule has 2 fully saturated rings. The van der Waals surface area contributed by atoms with Gasteiger partial charge in [-0.05, 0) is 92.6 Å². The van der Waals surface area contributed by atoms with Crippen molar-refractivity contribution in [2.75, 3.05) is 0 Å². The summed E-state index contributed by atoms with van der Waals surface area (Å²) in [5.41, 5.74) is 3.00. The molecule has 0 aliphatic heterocycles. The number of nitriles is 1. The van der Waals surface area contributed by atoms with E-state index < -0.39 is 0 Å². The zero-order valence-electron chi connectivity index (χ0n) is 16.2. The van der Waals surface area contributed by atoms with Gasteiger partial charge >= 0.3 is 0 Å². The molecule has 0 N–H and O–H groups in total. The Balaban J connectivity index is 1.42. The van der Waals surface area contributed by atoms with E-state index in [1.54, 1.807) is 11.6 Å². The van der Waals surface area contributed by atoms with E-state index in [0.29, 0.717) is 5.92 Å². The fraction of sp³-hybridized carbons (Fsp3) is 0.560. The highest BCUT2D eigenvalue weighted by Gasteiger charge is 2.22. The SMILES string of the molecule is CCc1ccc([C@H]2CC[C@H](C=C[C@H]3CC[C@H](C=CC#N)CC3)CC2)cc1. The van der Waals surface area contributed by atoms with Gasteiger partial charge in [-0.25, -0.2) is 0 Å². The molecule has 1 aromatic carbocycles. The molecule has 0 radical (unpaired) electrons. The molecular formula is C25H33N. The summed E-state index contributed by atoms with van der Waals surface area (Å²) >= 11 is 0. The zero-order chi connectivity index (χ0) is 18.2. The maximum atomic E-state index is 8.64. The van der Waals surface area contributed by atoms with Gasteiger partial charge in [-0.2, -0.15) is 5.26 Å². The van der Waals surface area contributed by atoms with Gasteiger partial charge in [-0.3, -0.25) is 0 Å². The summed E-state index contributed by atoms with van der Waals surface area (Å²) in [5.74, 6) is 2.96. The standard InChI is InChI=1S/C25H33N/c1-2-20-11-15-24(16-12-20)25-17-13-23(14-18-25)10-9-22-7-5-21(6-8-22)4-3-19-26/h3-4,9-12,15-16,21-23,25H,2,5-8,13-14,17-18H2,1H3/t21-,22-,23-,25-. The largest absolute Gasteiger partial charge is 0.193 e. The Morgan fingerprint density at radius 2 is 1.31 bits per heavy atom. The van der Waals surface area contributed by atoms with Crippen LogP contribution in [0.1, 0.15) is 75.3 Å². The maximum absolute atomic E-state index is 8.64. The molecule has 26 heavy (non-hydrogen) atoms. The molecule has 3 rings (SSSR count). The Labute approximate surface area is 159 Å². The monoisotopic (exact) mass is 347 g/mol. The lowest BCUT2D eigenvalue weighted by atomic mass is 9.77. The van der Waals surface area contributed by atoms with E-state index in [1.165, 1.54) is 56.9 Å². The molecule has 2 aliphatic rings. The van der Waals surface area contributed by atoms with Gasteiger partial charge in [0.2, 0.25) is 0 Å². The van der Waals surface area contributed by atoms with E-state index in [-0.39, 0.29) is 0 Å². The van der Waals surface area contributed by atoms with Gasteiger partial charge in [-0.15, -0.1) is 0 Å². The molecule has 1 heteroatoms. The first-order valence-electron chi connectivity index (χ1n) is 10.6. The number of rotatable bonds is 5. The van der Waals surface area contributed by atoms with Crippen molar-refractivity contribution in [2.45, 2.75) is 70.6 Å². The average molecular weight is 348 g/mol. The van der Waals surface area contributed by atoms with E-state index in [1.807, 2.05) is 0 Å². The number of aryl methyl sites for hydroxylation is 1. The van der Waals surface area contributed by atoms with Crippen molar-refractivity contribution in [1.29, 1.82) is 5.26 Å². The second kappa shape index (κ2) is 9.77. The van der Waals surface area contributed by atoms with Gasteiger partial charge in [0.15, 0.2) is 0 Å². The lowest BCUT2D eigenvalue weighted by Crippen LogP contribution is -2.14. The Morgan fingerprint density at radius 3 is 1.81 bits per heavy atom. The lowest BCUT2D eigenvalue weighted by Gasteiger charge is -2.28. The molecule has 138 valence electrons. The molecule has 0 unspecified atom stereocenters. The Hall–Kier alpha value is -1.81. The summed E-state index contributed by atoms with van der Waals surface area (Å²) in [5, 5.41) is 8.64. The molecular weight excluding hydrogens is 314 g/mol. The van der Waals surface area contributed by atoms with Crippen LogP contribution in [0.4, 0.5) is 0 Å². The highest BCUT2D eigenvalue weighted by molar-refractivity contribution is 5.26. The topological polar surface area (TPSA) is 23.8 Å². The van der Waals surface area contributed by atoms with Crippen LogP contribution in [0.15, 0.2) is 48.6 Å². The molecule has 1 aromatic rings. The van der Waals surface area contributed by atoms with Crippen molar-refractivity contribution in [3.8, 4) is 6.07 Å². The van der Waals surface area contributed by atoms with Crippen LogP contribution in [-0.4, -0.2) is 0 Å². The summed E-state index contributed by atoms with van der Waals surface area (Å²) in [6.07, 6.45) is 20.4. The predicted octanol–water partition coefficient (Wildman–Crippen LogP) is 6.97. The first-order chi connectivity index (χ1) is 12.8. The molecule has 0 bridgehead atoms. The minimum absolute atomic E-state index is 0.633. The molecule has 0 heterocycles. The van der Waals surface area contributed by atoms with Crippen LogP contribution in [0.5, 0.6) is 0 Å². The fourth-order valence-electron chi connectivity index (χ4n) is 4.69. The van der Waals surface area contributed by atoms with E-state index in [9.17, 15) is 0 Å². The number of nitrogens with zero attached hydrogens (tertiary/aromatic N) is 1. The van der Waals surface area contributed by atoms with Crippen molar-refractivity contribution >= 4 is 0 Å². The highest BCUT2D eigenvalue weighted by Crippen LogP contribution is 2.37. The molecule has 0 amide bonds. The lowest BCUT2D eigenvalue weighted by molar-refractivity contribution is 0.348. The Bertz CT molecular complexity index is 630. The summed E-state index contributed by atoms with van der Waals surface area (Å²) < 4.78 is 0. The van der Waals surface area contributed by atoms with Crippen molar-refractivity contribution in [2.24, 2.45) is 17.8 Å². The second-order valence-corrected chi connectivity index (χ2v) is 8.25. The normalized spacial score (nSPS) is 29.8. The van der Waals surface area contributed by atoms with E-state index in [2.05, 4.69) is 55.5 Å². The van der Waals surface area contributed by atoms with Gasteiger partial charge in [-0.1, -0.05) is 49.4 Å². The van der Waals surface area contributed by atoms with Crippen LogP contribution >= 0.6 is 0 Å². The molecule has 0 atom stereocenters. The summed E-state index contributed by atoms with van der Waals surface area (Å²) in [7, 11) is 0. The van der Waals surface area contributed by atoms with Crippen molar-refractivity contribution in [3.63, 3.8) is 0 Å². The number of benzene rings is 1. The predicted molar refractivity (Wildman–Crippen MR) is 110 cm³/mol. The van der Waals surface area contributed by atoms with Crippen molar-refractivity contribution in [1.82, 2.24) is 0 Å². The van der Waals surface area contributed by atoms with Crippen LogP contribution in [0.3, 0.4) is 0 Å². The third-order valence-electron chi connectivity index (χ3n) is 6.55. The maximum Gasteiger partial charge on any atom is 0.0908 e. The van der Waals surface area contributed by atoms with Crippen molar-refractivity contribution in [3.05, 3.63) is 59.7 Å². The number of allylic oxidation sites excluding steroid dienone is 4. The number of hydrogen-bond donors (Lipinski definition) is 0. The first-order valence-corrected chi connectivity index (χ1v) is 10.6. The molecule has 1 nitrogen and oxygen atoms in total. The molecule has 0 spiro atoms. The summed E-state index contributed by atoms with van der Waals surface area (Å²) in [4.78, 5) is 0. The zero-order valence-corrected chi connectivity index (χ0v) is 16.2. The van der Waals surface area contributed by atoms with Crippen LogP contribution < -0.4 is 0 Å². The highest BCUT2D eigenvalue weighted by atomic mass is 14.3. The molecule has 0 aromatic heterocycles. The third kappa shape index (κ3) is 5.34. The van der Waals surface area contributed by atoms with Crippen LogP contribution in [0.2, 0.25) is 0 Å². The summed E-state index contributed by atoms with van der Waals surface area (Å²) in [6.45, 7) is 2.22. The molecule has 2 saturated carbocycles. The van der Waals surface area contributed by atoms with Gasteiger partial charge in [0.1, 0.15) is 0 Å². The van der Waals surface area contributed by atoms with Gasteiger partial charge < -0.3 is 0 Å². The van der Waals surface area contributed by atoms with Crippen molar-refractivity contribution < 1.29 is 0 Å². The van der Waals surface area contributed by atoms with Gasteiger partial charge in [0, 0.05) is 6.08 Å². The summed E-state index contributed by atoms with van der Waals surface area (Å²) in [6, 6.07) is 11.5. The average Bonchev–Trinajstić information content (AvgIpc) is 2.72. The minimum atomic E-state index is 0.633. The van der Waals surface area contributed by atoms with Gasteiger partial charge in [0.25, 0.3) is 0 Å². The minimum Gasteiger partial charge on any atom is -0.193 e. The first kappa shape index (κ1) is 19.0. The van der Waals surface area contributed by atoms with E-state index in [4.69, 9.17) is 5.26 Å². The fourth-order valence-corrected chi connectivity index (χ4v) is 4.69. The van der Waals surface area contributed by atoms with Gasteiger partial charge in [0.05, 0.1) is 6.07 Å². The Kier molecular flexibility index (Phi) is 7.13. The van der Waals surface area contributed by atoms with Crippen LogP contribution in [-0.2, 0) is 6.42 Å². The Morgan fingerprint density at radius 1 is 0.808 bits per heavy atom. The smallest absolute Gasteiger partial charge is 0.0908 e.